The fourth-order valence-electron chi connectivity index (χ4n) is 0.692. The average molecular weight is 164 g/mol. The third kappa shape index (κ3) is 1.21. The number of amides is 2. The smallest absolute Gasteiger partial charge is 0.416 e. The molecule has 1 fully saturated rings. The first-order chi connectivity index (χ1) is 4.75. The molecule has 10 heavy (non-hydrogen) atoms. The Morgan fingerprint density at radius 2 is 2.50 bits per heavy atom. The highest BCUT2D eigenvalue weighted by Gasteiger charge is 2.27. The van der Waals surface area contributed by atoms with Gasteiger partial charge in [0.05, 0.1) is 6.54 Å². The number of ether oxygens (including phenoxy) is 1. The lowest BCUT2D eigenvalue weighted by molar-refractivity contribution is -0.125. The van der Waals surface area contributed by atoms with E-state index >= 15 is 0 Å². The summed E-state index contributed by atoms with van der Waals surface area (Å²) in [5.74, 6) is -0.570. The first kappa shape index (κ1) is 7.34. The third-order valence-electron chi connectivity index (χ3n) is 1.18. The van der Waals surface area contributed by atoms with Crippen LogP contribution in [0.5, 0.6) is 0 Å². The molecule has 0 aromatic carbocycles. The van der Waals surface area contributed by atoms with Crippen LogP contribution in [0.15, 0.2) is 0 Å². The molecule has 0 radical (unpaired) electrons. The van der Waals surface area contributed by atoms with Crippen LogP contribution < -0.4 is 0 Å². The van der Waals surface area contributed by atoms with Gasteiger partial charge in [-0.25, -0.2) is 9.69 Å². The molecule has 1 saturated heterocycles. The van der Waals surface area contributed by atoms with Crippen LogP contribution in [0, 0.1) is 0 Å². The Labute approximate surface area is 62.7 Å². The van der Waals surface area contributed by atoms with Crippen molar-refractivity contribution in [3.8, 4) is 0 Å². The number of hydrogen-bond acceptors (Lipinski definition) is 3. The van der Waals surface area contributed by atoms with Gasteiger partial charge in [0.25, 0.3) is 0 Å². The SMILES string of the molecule is O=C(CCl)N1CCOC1=O. The predicted octanol–water partition coefficient (Wildman–Crippen LogP) is 0.204. The van der Waals surface area contributed by atoms with Crippen molar-refractivity contribution >= 4 is 23.6 Å². The summed E-state index contributed by atoms with van der Waals surface area (Å²) in [7, 11) is 0. The summed E-state index contributed by atoms with van der Waals surface area (Å²) >= 11 is 5.20. The Hall–Kier alpha value is -0.770. The van der Waals surface area contributed by atoms with E-state index in [0.29, 0.717) is 6.54 Å². The van der Waals surface area contributed by atoms with Crippen molar-refractivity contribution in [1.82, 2.24) is 4.90 Å². The molecule has 0 aliphatic carbocycles. The van der Waals surface area contributed by atoms with Crippen molar-refractivity contribution in [1.29, 1.82) is 0 Å². The van der Waals surface area contributed by atoms with Crippen LogP contribution in [0.1, 0.15) is 0 Å². The van der Waals surface area contributed by atoms with Crippen LogP contribution in [0.25, 0.3) is 0 Å². The molecule has 2 amide bonds. The molecule has 1 aliphatic rings. The average Bonchev–Trinajstić information content (AvgIpc) is 2.34. The van der Waals surface area contributed by atoms with Gasteiger partial charge < -0.3 is 4.74 Å². The summed E-state index contributed by atoms with van der Waals surface area (Å²) < 4.78 is 4.50. The van der Waals surface area contributed by atoms with Gasteiger partial charge >= 0.3 is 6.09 Å². The summed E-state index contributed by atoms with van der Waals surface area (Å²) in [4.78, 5) is 22.3. The van der Waals surface area contributed by atoms with Gasteiger partial charge in [-0.05, 0) is 0 Å². The fourth-order valence-corrected chi connectivity index (χ4v) is 0.836. The van der Waals surface area contributed by atoms with E-state index in [0.717, 1.165) is 4.90 Å². The number of carbonyl (C=O) groups is 2. The van der Waals surface area contributed by atoms with Crippen molar-refractivity contribution in [2.45, 2.75) is 0 Å². The largest absolute Gasteiger partial charge is 0.447 e. The topological polar surface area (TPSA) is 46.6 Å². The van der Waals surface area contributed by atoms with Crippen LogP contribution in [0.3, 0.4) is 0 Å². The van der Waals surface area contributed by atoms with Crippen LogP contribution in [-0.2, 0) is 9.53 Å². The summed E-state index contributed by atoms with van der Waals surface area (Å²) in [6.07, 6.45) is -0.592. The van der Waals surface area contributed by atoms with Crippen molar-refractivity contribution in [3.05, 3.63) is 0 Å². The summed E-state index contributed by atoms with van der Waals surface area (Å²) in [6.45, 7) is 0.603. The first-order valence-electron chi connectivity index (χ1n) is 2.79. The van der Waals surface area contributed by atoms with Gasteiger partial charge in [-0.3, -0.25) is 4.79 Å². The molecule has 0 atom stereocenters. The predicted molar refractivity (Wildman–Crippen MR) is 33.8 cm³/mol. The van der Waals surface area contributed by atoms with Crippen molar-refractivity contribution in [3.63, 3.8) is 0 Å². The van der Waals surface area contributed by atoms with Crippen LogP contribution in [-0.4, -0.2) is 35.9 Å². The number of rotatable bonds is 1. The zero-order valence-electron chi connectivity index (χ0n) is 5.17. The van der Waals surface area contributed by atoms with Gasteiger partial charge in [-0.2, -0.15) is 0 Å². The number of cyclic esters (lactones) is 1. The number of nitrogens with zero attached hydrogens (tertiary/aromatic N) is 1. The Bertz CT molecular complexity index is 170. The molecule has 1 rings (SSSR count). The number of halogens is 1. The zero-order chi connectivity index (χ0) is 7.56. The zero-order valence-corrected chi connectivity index (χ0v) is 5.93. The maximum atomic E-state index is 10.7. The van der Waals surface area contributed by atoms with E-state index < -0.39 is 12.0 Å². The molecule has 0 spiro atoms. The van der Waals surface area contributed by atoms with E-state index in [-0.39, 0.29) is 12.5 Å². The Morgan fingerprint density at radius 1 is 1.80 bits per heavy atom. The van der Waals surface area contributed by atoms with Crippen LogP contribution >= 0.6 is 11.6 Å². The summed E-state index contributed by atoms with van der Waals surface area (Å²) in [5.41, 5.74) is 0. The highest BCUT2D eigenvalue weighted by molar-refractivity contribution is 6.28. The van der Waals surface area contributed by atoms with E-state index in [1.54, 1.807) is 0 Å². The third-order valence-corrected chi connectivity index (χ3v) is 1.40. The van der Waals surface area contributed by atoms with Gasteiger partial charge in [0.1, 0.15) is 12.5 Å². The second-order valence-corrected chi connectivity index (χ2v) is 2.06. The highest BCUT2D eigenvalue weighted by Crippen LogP contribution is 2.03. The monoisotopic (exact) mass is 163 g/mol. The maximum absolute atomic E-state index is 10.7. The van der Waals surface area contributed by atoms with Gasteiger partial charge in [-0.1, -0.05) is 0 Å². The van der Waals surface area contributed by atoms with Crippen molar-refractivity contribution in [2.75, 3.05) is 19.0 Å². The van der Waals surface area contributed by atoms with Crippen molar-refractivity contribution < 1.29 is 14.3 Å². The minimum Gasteiger partial charge on any atom is -0.447 e. The standard InChI is InChI=1S/C5H6ClNO3/c6-3-4(8)7-1-2-10-5(7)9/h1-3H2. The molecule has 4 nitrogen and oxygen atoms in total. The Balaban J connectivity index is 2.55. The molecular formula is C5H6ClNO3. The number of hydrogen-bond donors (Lipinski definition) is 0. The lowest BCUT2D eigenvalue weighted by atomic mass is 10.5. The van der Waals surface area contributed by atoms with Gasteiger partial charge in [0.2, 0.25) is 5.91 Å². The fraction of sp³-hybridized carbons (Fsp3) is 0.600. The Kier molecular flexibility index (Phi) is 2.11. The first-order valence-corrected chi connectivity index (χ1v) is 3.32. The van der Waals surface area contributed by atoms with E-state index in [1.807, 2.05) is 0 Å². The normalized spacial score (nSPS) is 17.3. The van der Waals surface area contributed by atoms with Crippen LogP contribution in [0.4, 0.5) is 4.79 Å². The molecule has 5 heteroatoms. The molecule has 0 N–H and O–H groups in total. The molecule has 0 unspecified atom stereocenters. The van der Waals surface area contributed by atoms with Gasteiger partial charge in [0.15, 0.2) is 0 Å². The van der Waals surface area contributed by atoms with Gasteiger partial charge in [0, 0.05) is 0 Å². The maximum Gasteiger partial charge on any atom is 0.416 e. The molecular weight excluding hydrogens is 158 g/mol. The second-order valence-electron chi connectivity index (χ2n) is 1.79. The number of carbonyl (C=O) groups excluding carboxylic acids is 2. The molecule has 0 aromatic rings. The molecule has 56 valence electrons. The minimum absolute atomic E-state index is 0.172. The van der Waals surface area contributed by atoms with E-state index in [2.05, 4.69) is 4.74 Å². The molecule has 0 saturated carbocycles. The van der Waals surface area contributed by atoms with Crippen molar-refractivity contribution in [2.24, 2.45) is 0 Å². The molecule has 0 bridgehead atoms. The van der Waals surface area contributed by atoms with E-state index in [4.69, 9.17) is 11.6 Å². The lowest BCUT2D eigenvalue weighted by Gasteiger charge is -2.06. The van der Waals surface area contributed by atoms with E-state index in [1.165, 1.54) is 0 Å². The second kappa shape index (κ2) is 2.88. The number of imide groups is 1. The molecule has 0 aromatic heterocycles. The lowest BCUT2D eigenvalue weighted by Crippen LogP contribution is -2.32. The molecule has 1 heterocycles. The minimum atomic E-state index is -0.592. The highest BCUT2D eigenvalue weighted by atomic mass is 35.5. The molecule has 1 aliphatic heterocycles. The van der Waals surface area contributed by atoms with Crippen LogP contribution in [0.2, 0.25) is 0 Å². The number of alkyl halides is 1. The quantitative estimate of drug-likeness (QED) is 0.519. The van der Waals surface area contributed by atoms with Gasteiger partial charge in [-0.15, -0.1) is 11.6 Å². The Morgan fingerprint density at radius 3 is 2.90 bits per heavy atom. The summed E-state index contributed by atoms with van der Waals surface area (Å²) in [5, 5.41) is 0. The summed E-state index contributed by atoms with van der Waals surface area (Å²) in [6, 6.07) is 0. The van der Waals surface area contributed by atoms with E-state index in [9.17, 15) is 9.59 Å².